The Morgan fingerprint density at radius 3 is 2.71 bits per heavy atom. The molecule has 0 radical (unpaired) electrons. The van der Waals surface area contributed by atoms with Crippen molar-refractivity contribution in [2.45, 2.75) is 12.8 Å². The van der Waals surface area contributed by atoms with E-state index in [2.05, 4.69) is 5.10 Å². The summed E-state index contributed by atoms with van der Waals surface area (Å²) in [6.07, 6.45) is 3.74. The number of carbonyl (C=O) groups is 1. The molecule has 3 rings (SSSR count). The summed E-state index contributed by atoms with van der Waals surface area (Å²) in [5.74, 6) is 1.10. The van der Waals surface area contributed by atoms with Crippen molar-refractivity contribution >= 4 is 11.7 Å². The molecule has 21 heavy (non-hydrogen) atoms. The molecule has 0 bridgehead atoms. The Bertz CT molecular complexity index is 708. The van der Waals surface area contributed by atoms with Crippen LogP contribution in [0, 0.1) is 17.2 Å². The van der Waals surface area contributed by atoms with Gasteiger partial charge < -0.3 is 10.5 Å². The molecule has 6 nitrogen and oxygen atoms in total. The number of hydrogen-bond acceptors (Lipinski definition) is 5. The average molecular weight is 282 g/mol. The van der Waals surface area contributed by atoms with Crippen LogP contribution >= 0.6 is 0 Å². The van der Waals surface area contributed by atoms with Crippen molar-refractivity contribution in [3.63, 3.8) is 0 Å². The van der Waals surface area contributed by atoms with E-state index in [0.29, 0.717) is 11.5 Å². The molecule has 6 heteroatoms. The topological polar surface area (TPSA) is 93.9 Å². The van der Waals surface area contributed by atoms with Gasteiger partial charge in [-0.1, -0.05) is 0 Å². The van der Waals surface area contributed by atoms with Gasteiger partial charge in [0.25, 0.3) is 5.91 Å². The highest BCUT2D eigenvalue weighted by molar-refractivity contribution is 5.97. The van der Waals surface area contributed by atoms with Gasteiger partial charge in [0.2, 0.25) is 0 Å². The highest BCUT2D eigenvalue weighted by Crippen LogP contribution is 2.29. The van der Waals surface area contributed by atoms with Crippen molar-refractivity contribution in [3.05, 3.63) is 41.6 Å². The fraction of sp³-hybridized carbons (Fsp3) is 0.267. The first-order valence-electron chi connectivity index (χ1n) is 6.70. The zero-order chi connectivity index (χ0) is 14.8. The Labute approximate surface area is 121 Å². The summed E-state index contributed by atoms with van der Waals surface area (Å²) in [7, 11) is 0. The smallest absolute Gasteiger partial charge is 0.280 e. The molecule has 0 unspecified atom stereocenters. The summed E-state index contributed by atoms with van der Waals surface area (Å²) in [4.78, 5) is 12.3. The van der Waals surface area contributed by atoms with E-state index in [-0.39, 0.29) is 17.3 Å². The van der Waals surface area contributed by atoms with Crippen molar-refractivity contribution in [2.75, 3.05) is 12.3 Å². The molecule has 0 atom stereocenters. The van der Waals surface area contributed by atoms with Crippen LogP contribution in [0.2, 0.25) is 0 Å². The largest absolute Gasteiger partial charge is 0.493 e. The third-order valence-corrected chi connectivity index (χ3v) is 3.40. The van der Waals surface area contributed by atoms with Crippen LogP contribution in [0.25, 0.3) is 0 Å². The number of nitrogens with zero attached hydrogens (tertiary/aromatic N) is 3. The van der Waals surface area contributed by atoms with Crippen LogP contribution in [0.15, 0.2) is 30.5 Å². The van der Waals surface area contributed by atoms with Gasteiger partial charge in [-0.3, -0.25) is 4.79 Å². The number of anilines is 1. The van der Waals surface area contributed by atoms with Gasteiger partial charge in [0.1, 0.15) is 23.2 Å². The standard InChI is InChI=1S/C15H14N4O2/c16-7-12-8-18-19(14(12)17)15(20)11-3-5-13(6-4-11)21-9-10-1-2-10/h3-6,8,10H,1-2,9,17H2. The molecule has 0 aliphatic heterocycles. The number of rotatable bonds is 4. The maximum atomic E-state index is 12.3. The Kier molecular flexibility index (Phi) is 3.32. The van der Waals surface area contributed by atoms with Crippen LogP contribution in [0.4, 0.5) is 5.82 Å². The molecule has 0 amide bonds. The zero-order valence-corrected chi connectivity index (χ0v) is 11.3. The quantitative estimate of drug-likeness (QED) is 0.923. The van der Waals surface area contributed by atoms with Gasteiger partial charge >= 0.3 is 0 Å². The molecule has 1 fully saturated rings. The molecule has 2 N–H and O–H groups in total. The minimum absolute atomic E-state index is 0.0524. The Morgan fingerprint density at radius 2 is 2.14 bits per heavy atom. The summed E-state index contributed by atoms with van der Waals surface area (Å²) in [6, 6.07) is 8.71. The minimum Gasteiger partial charge on any atom is -0.493 e. The third kappa shape index (κ3) is 2.72. The Hall–Kier alpha value is -2.81. The maximum absolute atomic E-state index is 12.3. The van der Waals surface area contributed by atoms with Gasteiger partial charge in [-0.25, -0.2) is 0 Å². The number of nitriles is 1. The summed E-state index contributed by atoms with van der Waals surface area (Å²) in [6.45, 7) is 0.727. The van der Waals surface area contributed by atoms with Crippen molar-refractivity contribution in [2.24, 2.45) is 5.92 Å². The van der Waals surface area contributed by atoms with E-state index in [1.54, 1.807) is 24.3 Å². The SMILES string of the molecule is N#Cc1cnn(C(=O)c2ccc(OCC3CC3)cc2)c1N. The van der Waals surface area contributed by atoms with Crippen molar-refractivity contribution in [1.29, 1.82) is 5.26 Å². The molecule has 1 aliphatic rings. The lowest BCUT2D eigenvalue weighted by Gasteiger charge is -2.06. The molecular formula is C15H14N4O2. The molecular weight excluding hydrogens is 268 g/mol. The lowest BCUT2D eigenvalue weighted by atomic mass is 10.2. The van der Waals surface area contributed by atoms with Crippen LogP contribution < -0.4 is 10.5 Å². The number of aromatic nitrogens is 2. The highest BCUT2D eigenvalue weighted by atomic mass is 16.5. The van der Waals surface area contributed by atoms with Crippen LogP contribution in [0.5, 0.6) is 5.75 Å². The molecule has 0 spiro atoms. The Balaban J connectivity index is 1.74. The van der Waals surface area contributed by atoms with Gasteiger partial charge in [0, 0.05) is 5.56 Å². The summed E-state index contributed by atoms with van der Waals surface area (Å²) < 4.78 is 6.64. The second-order valence-corrected chi connectivity index (χ2v) is 5.05. The fourth-order valence-corrected chi connectivity index (χ4v) is 1.92. The first-order chi connectivity index (χ1) is 10.2. The molecule has 1 saturated carbocycles. The van der Waals surface area contributed by atoms with Crippen LogP contribution in [-0.4, -0.2) is 22.3 Å². The summed E-state index contributed by atoms with van der Waals surface area (Å²) >= 11 is 0. The van der Waals surface area contributed by atoms with E-state index < -0.39 is 0 Å². The first-order valence-corrected chi connectivity index (χ1v) is 6.70. The average Bonchev–Trinajstić information content (AvgIpc) is 3.27. The first kappa shape index (κ1) is 13.2. The van der Waals surface area contributed by atoms with E-state index in [9.17, 15) is 4.79 Å². The lowest BCUT2D eigenvalue weighted by Crippen LogP contribution is -2.16. The Morgan fingerprint density at radius 1 is 1.43 bits per heavy atom. The second-order valence-electron chi connectivity index (χ2n) is 5.05. The van der Waals surface area contributed by atoms with Gasteiger partial charge in [-0.2, -0.15) is 15.0 Å². The monoisotopic (exact) mass is 282 g/mol. The van der Waals surface area contributed by atoms with E-state index in [1.807, 2.05) is 6.07 Å². The molecule has 1 heterocycles. The molecule has 0 saturated heterocycles. The molecule has 106 valence electrons. The van der Waals surface area contributed by atoms with Gasteiger partial charge in [-0.05, 0) is 43.0 Å². The number of hydrogen-bond donors (Lipinski definition) is 1. The summed E-state index contributed by atoms with van der Waals surface area (Å²) in [5.41, 5.74) is 6.33. The van der Waals surface area contributed by atoms with Crippen LogP contribution in [0.1, 0.15) is 28.8 Å². The second kappa shape index (κ2) is 5.29. The number of carbonyl (C=O) groups excluding carboxylic acids is 1. The predicted octanol–water partition coefficient (Wildman–Crippen LogP) is 1.81. The van der Waals surface area contributed by atoms with Crippen molar-refractivity contribution < 1.29 is 9.53 Å². The van der Waals surface area contributed by atoms with Gasteiger partial charge in [0.05, 0.1) is 12.8 Å². The van der Waals surface area contributed by atoms with E-state index in [4.69, 9.17) is 15.7 Å². The van der Waals surface area contributed by atoms with E-state index >= 15 is 0 Å². The fourth-order valence-electron chi connectivity index (χ4n) is 1.92. The third-order valence-electron chi connectivity index (χ3n) is 3.40. The van der Waals surface area contributed by atoms with Gasteiger partial charge in [0.15, 0.2) is 0 Å². The maximum Gasteiger partial charge on any atom is 0.280 e. The van der Waals surface area contributed by atoms with E-state index in [1.165, 1.54) is 19.0 Å². The highest BCUT2D eigenvalue weighted by Gasteiger charge is 2.22. The van der Waals surface area contributed by atoms with Crippen LogP contribution in [-0.2, 0) is 0 Å². The number of nitrogens with two attached hydrogens (primary N) is 1. The minimum atomic E-state index is -0.372. The van der Waals surface area contributed by atoms with Gasteiger partial charge in [-0.15, -0.1) is 0 Å². The number of nitrogen functional groups attached to an aromatic ring is 1. The van der Waals surface area contributed by atoms with Crippen molar-refractivity contribution in [1.82, 2.24) is 9.78 Å². The molecule has 2 aromatic rings. The number of benzene rings is 1. The summed E-state index contributed by atoms with van der Waals surface area (Å²) in [5, 5.41) is 12.7. The predicted molar refractivity (Wildman–Crippen MR) is 75.7 cm³/mol. The molecule has 1 aliphatic carbocycles. The normalized spacial score (nSPS) is 13.7. The lowest BCUT2D eigenvalue weighted by molar-refractivity contribution is 0.0948. The van der Waals surface area contributed by atoms with Crippen LogP contribution in [0.3, 0.4) is 0 Å². The zero-order valence-electron chi connectivity index (χ0n) is 11.3. The number of ether oxygens (including phenoxy) is 1. The molecule has 1 aromatic carbocycles. The van der Waals surface area contributed by atoms with Crippen molar-refractivity contribution in [3.8, 4) is 11.8 Å². The van der Waals surface area contributed by atoms with E-state index in [0.717, 1.165) is 17.0 Å². The molecule has 1 aromatic heterocycles.